The van der Waals surface area contributed by atoms with Crippen LogP contribution >= 0.6 is 0 Å². The molecule has 1 aromatic carbocycles. The van der Waals surface area contributed by atoms with Gasteiger partial charge in [-0.2, -0.15) is 0 Å². The zero-order valence-electron chi connectivity index (χ0n) is 12.2. The maximum absolute atomic E-state index is 14.1. The highest BCUT2D eigenvalue weighted by Gasteiger charge is 2.40. The zero-order chi connectivity index (χ0) is 14.2. The maximum Gasteiger partial charge on any atom is 0.130 e. The third-order valence-corrected chi connectivity index (χ3v) is 4.67. The summed E-state index contributed by atoms with van der Waals surface area (Å²) in [7, 11) is 1.86. The molecule has 1 fully saturated rings. The minimum absolute atomic E-state index is 0.0446. The highest BCUT2D eigenvalue weighted by atomic mass is 19.1. The monoisotopic (exact) mass is 267 g/mol. The van der Waals surface area contributed by atoms with E-state index in [0.717, 1.165) is 18.9 Å². The second-order valence-corrected chi connectivity index (χ2v) is 6.38. The van der Waals surface area contributed by atoms with Crippen LogP contribution in [-0.2, 0) is 0 Å². The van der Waals surface area contributed by atoms with E-state index in [1.165, 1.54) is 6.42 Å². The Kier molecular flexibility index (Phi) is 3.95. The van der Waals surface area contributed by atoms with E-state index in [4.69, 9.17) is 0 Å². The minimum atomic E-state index is -0.471. The fraction of sp³-hybridized carbons (Fsp3) is 0.625. The first kappa shape index (κ1) is 14.4. The molecule has 1 nitrogen and oxygen atoms in total. The summed E-state index contributed by atoms with van der Waals surface area (Å²) >= 11 is 0. The summed E-state index contributed by atoms with van der Waals surface area (Å²) < 4.78 is 27.5. The summed E-state index contributed by atoms with van der Waals surface area (Å²) in [6, 6.07) is 2.62. The van der Waals surface area contributed by atoms with Gasteiger partial charge < -0.3 is 5.32 Å². The Morgan fingerprint density at radius 2 is 1.95 bits per heavy atom. The van der Waals surface area contributed by atoms with E-state index in [9.17, 15) is 8.78 Å². The van der Waals surface area contributed by atoms with Gasteiger partial charge in [0.05, 0.1) is 0 Å². The Hall–Kier alpha value is -0.960. The van der Waals surface area contributed by atoms with Crippen molar-refractivity contribution in [3.05, 3.63) is 34.9 Å². The summed E-state index contributed by atoms with van der Waals surface area (Å²) in [5, 5.41) is 3.24. The number of halogens is 2. The van der Waals surface area contributed by atoms with Crippen molar-refractivity contribution in [2.45, 2.75) is 46.1 Å². The van der Waals surface area contributed by atoms with Gasteiger partial charge in [-0.3, -0.25) is 0 Å². The van der Waals surface area contributed by atoms with Crippen LogP contribution in [0.5, 0.6) is 0 Å². The summed E-state index contributed by atoms with van der Waals surface area (Å²) in [6.45, 7) is 6.16. The summed E-state index contributed by atoms with van der Waals surface area (Å²) in [4.78, 5) is 0. The Morgan fingerprint density at radius 1 is 1.26 bits per heavy atom. The van der Waals surface area contributed by atoms with Gasteiger partial charge in [0.25, 0.3) is 0 Å². The third kappa shape index (κ3) is 2.66. The Balaban J connectivity index is 2.40. The van der Waals surface area contributed by atoms with Gasteiger partial charge in [-0.05, 0) is 49.8 Å². The van der Waals surface area contributed by atoms with Crippen LogP contribution in [0.3, 0.4) is 0 Å². The first-order valence-electron chi connectivity index (χ1n) is 6.99. The van der Waals surface area contributed by atoms with Crippen molar-refractivity contribution >= 4 is 0 Å². The lowest BCUT2D eigenvalue weighted by molar-refractivity contribution is 0.201. The highest BCUT2D eigenvalue weighted by molar-refractivity contribution is 5.29. The van der Waals surface area contributed by atoms with Gasteiger partial charge in [0.1, 0.15) is 11.6 Å². The molecule has 2 unspecified atom stereocenters. The van der Waals surface area contributed by atoms with Crippen LogP contribution in [0.25, 0.3) is 0 Å². The molecule has 1 saturated carbocycles. The Labute approximate surface area is 114 Å². The molecule has 0 radical (unpaired) electrons. The predicted molar refractivity (Wildman–Crippen MR) is 74.0 cm³/mol. The average molecular weight is 267 g/mol. The zero-order valence-corrected chi connectivity index (χ0v) is 12.2. The predicted octanol–water partition coefficient (Wildman–Crippen LogP) is 4.36. The van der Waals surface area contributed by atoms with Crippen molar-refractivity contribution < 1.29 is 8.78 Å². The summed E-state index contributed by atoms with van der Waals surface area (Å²) in [6.07, 6.45) is 3.43. The quantitative estimate of drug-likeness (QED) is 0.858. The molecular formula is C16H23F2N. The van der Waals surface area contributed by atoms with E-state index in [2.05, 4.69) is 19.2 Å². The molecule has 0 aliphatic heterocycles. The molecule has 0 heterocycles. The van der Waals surface area contributed by atoms with E-state index < -0.39 is 11.6 Å². The number of hydrogen-bond acceptors (Lipinski definition) is 1. The van der Waals surface area contributed by atoms with Gasteiger partial charge >= 0.3 is 0 Å². The van der Waals surface area contributed by atoms with Gasteiger partial charge in [-0.25, -0.2) is 8.78 Å². The molecule has 1 aliphatic carbocycles. The maximum atomic E-state index is 14.1. The molecule has 2 atom stereocenters. The van der Waals surface area contributed by atoms with Crippen LogP contribution in [0.15, 0.2) is 12.1 Å². The van der Waals surface area contributed by atoms with Crippen LogP contribution < -0.4 is 5.32 Å². The molecule has 106 valence electrons. The Morgan fingerprint density at radius 3 is 2.47 bits per heavy atom. The third-order valence-electron chi connectivity index (χ3n) is 4.67. The molecule has 0 aromatic heterocycles. The van der Waals surface area contributed by atoms with Gasteiger partial charge in [-0.15, -0.1) is 0 Å². The second kappa shape index (κ2) is 5.20. The van der Waals surface area contributed by atoms with Crippen LogP contribution in [0.2, 0.25) is 0 Å². The number of nitrogens with one attached hydrogen (secondary N) is 1. The number of rotatable bonds is 3. The lowest BCUT2D eigenvalue weighted by Gasteiger charge is -2.34. The molecule has 0 amide bonds. The molecule has 3 heteroatoms. The van der Waals surface area contributed by atoms with Gasteiger partial charge in [0, 0.05) is 17.7 Å². The molecule has 2 rings (SSSR count). The molecule has 0 spiro atoms. The lowest BCUT2D eigenvalue weighted by atomic mass is 9.75. The van der Waals surface area contributed by atoms with E-state index in [0.29, 0.717) is 17.0 Å². The van der Waals surface area contributed by atoms with Crippen molar-refractivity contribution in [1.29, 1.82) is 0 Å². The molecule has 0 bridgehead atoms. The van der Waals surface area contributed by atoms with Gasteiger partial charge in [-0.1, -0.05) is 20.3 Å². The van der Waals surface area contributed by atoms with Crippen LogP contribution in [-0.4, -0.2) is 7.05 Å². The topological polar surface area (TPSA) is 12.0 Å². The number of aryl methyl sites for hydroxylation is 1. The lowest BCUT2D eigenvalue weighted by Crippen LogP contribution is -2.32. The van der Waals surface area contributed by atoms with E-state index >= 15 is 0 Å². The van der Waals surface area contributed by atoms with Crippen molar-refractivity contribution in [3.63, 3.8) is 0 Å². The fourth-order valence-corrected chi connectivity index (χ4v) is 3.46. The van der Waals surface area contributed by atoms with E-state index in [-0.39, 0.29) is 11.5 Å². The molecule has 0 saturated heterocycles. The van der Waals surface area contributed by atoms with Crippen molar-refractivity contribution in [2.75, 3.05) is 7.05 Å². The number of benzene rings is 1. The SMILES string of the molecule is CNC(c1cc(C)c(F)cc1F)C1CCCC1(C)C. The Bertz CT molecular complexity index is 468. The largest absolute Gasteiger partial charge is 0.313 e. The second-order valence-electron chi connectivity index (χ2n) is 6.38. The average Bonchev–Trinajstić information content (AvgIpc) is 2.67. The van der Waals surface area contributed by atoms with E-state index in [1.807, 2.05) is 7.05 Å². The van der Waals surface area contributed by atoms with Crippen molar-refractivity contribution in [1.82, 2.24) is 5.32 Å². The van der Waals surface area contributed by atoms with Crippen molar-refractivity contribution in [3.8, 4) is 0 Å². The highest BCUT2D eigenvalue weighted by Crippen LogP contribution is 2.49. The molecule has 1 N–H and O–H groups in total. The fourth-order valence-electron chi connectivity index (χ4n) is 3.46. The first-order chi connectivity index (χ1) is 8.86. The first-order valence-corrected chi connectivity index (χ1v) is 6.99. The van der Waals surface area contributed by atoms with Crippen LogP contribution in [0, 0.1) is 29.9 Å². The smallest absolute Gasteiger partial charge is 0.130 e. The number of hydrogen-bond donors (Lipinski definition) is 1. The standard InChI is InChI=1S/C16H23F2N/c1-10-8-11(14(18)9-13(10)17)15(19-4)12-6-5-7-16(12,2)3/h8-9,12,15,19H,5-7H2,1-4H3. The van der Waals surface area contributed by atoms with E-state index in [1.54, 1.807) is 13.0 Å². The summed E-state index contributed by atoms with van der Waals surface area (Å²) in [5.41, 5.74) is 1.30. The molecule has 1 aliphatic rings. The summed E-state index contributed by atoms with van der Waals surface area (Å²) in [5.74, 6) is -0.524. The van der Waals surface area contributed by atoms with Crippen LogP contribution in [0.1, 0.15) is 50.3 Å². The van der Waals surface area contributed by atoms with Gasteiger partial charge in [0.15, 0.2) is 0 Å². The van der Waals surface area contributed by atoms with Gasteiger partial charge in [0.2, 0.25) is 0 Å². The normalized spacial score (nSPS) is 23.6. The van der Waals surface area contributed by atoms with Crippen LogP contribution in [0.4, 0.5) is 8.78 Å². The molecular weight excluding hydrogens is 244 g/mol. The van der Waals surface area contributed by atoms with Crippen molar-refractivity contribution in [2.24, 2.45) is 11.3 Å². The molecule has 1 aromatic rings. The molecule has 19 heavy (non-hydrogen) atoms. The minimum Gasteiger partial charge on any atom is -0.313 e.